The summed E-state index contributed by atoms with van der Waals surface area (Å²) in [6, 6.07) is 13.5. The fraction of sp³-hybridized carbons (Fsp3) is 0.217. The van der Waals surface area contributed by atoms with Crippen molar-refractivity contribution in [2.24, 2.45) is 7.05 Å². The number of imidazole rings is 1. The molecule has 0 saturated carbocycles. The summed E-state index contributed by atoms with van der Waals surface area (Å²) in [5.41, 5.74) is 3.61. The molecule has 0 radical (unpaired) electrons. The van der Waals surface area contributed by atoms with E-state index in [2.05, 4.69) is 20.7 Å². The van der Waals surface area contributed by atoms with Crippen LogP contribution in [0.15, 0.2) is 61.1 Å². The van der Waals surface area contributed by atoms with Crippen molar-refractivity contribution >= 4 is 23.1 Å². The molecule has 0 aliphatic carbocycles. The Hall–Kier alpha value is -3.98. The number of carbonyl (C=O) groups excluding carboxylic acids is 2. The molecule has 4 rings (SSSR count). The second-order valence-electron chi connectivity index (χ2n) is 7.49. The lowest BCUT2D eigenvalue weighted by atomic mass is 10.2. The summed E-state index contributed by atoms with van der Waals surface area (Å²) in [5, 5.41) is 10.00. The van der Waals surface area contributed by atoms with Gasteiger partial charge in [-0.25, -0.2) is 4.98 Å². The molecule has 0 bridgehead atoms. The maximum atomic E-state index is 13.0. The zero-order valence-corrected chi connectivity index (χ0v) is 18.2. The van der Waals surface area contributed by atoms with Crippen molar-refractivity contribution in [3.05, 3.63) is 72.3 Å². The third-order valence-electron chi connectivity index (χ3n) is 5.22. The first-order chi connectivity index (χ1) is 15.5. The number of aryl methyl sites for hydroxylation is 1. The van der Waals surface area contributed by atoms with Gasteiger partial charge in [0, 0.05) is 56.9 Å². The highest BCUT2D eigenvalue weighted by molar-refractivity contribution is 6.11. The molecule has 0 aliphatic rings. The molecule has 9 heteroatoms. The van der Waals surface area contributed by atoms with Crippen molar-refractivity contribution in [1.29, 1.82) is 0 Å². The van der Waals surface area contributed by atoms with Gasteiger partial charge in [0.25, 0.3) is 11.8 Å². The van der Waals surface area contributed by atoms with Crippen LogP contribution in [0.1, 0.15) is 20.8 Å². The monoisotopic (exact) mass is 431 g/mol. The summed E-state index contributed by atoms with van der Waals surface area (Å²) >= 11 is 0. The van der Waals surface area contributed by atoms with E-state index in [0.717, 1.165) is 11.3 Å². The van der Waals surface area contributed by atoms with Crippen molar-refractivity contribution in [3.8, 4) is 11.3 Å². The van der Waals surface area contributed by atoms with Gasteiger partial charge in [-0.2, -0.15) is 5.10 Å². The number of hydrogen-bond acceptors (Lipinski definition) is 5. The molecule has 0 saturated heterocycles. The molecule has 0 unspecified atom stereocenters. The van der Waals surface area contributed by atoms with Gasteiger partial charge in [-0.3, -0.25) is 14.3 Å². The van der Waals surface area contributed by atoms with Crippen LogP contribution in [0.25, 0.3) is 16.9 Å². The normalized spacial score (nSPS) is 11.0. The van der Waals surface area contributed by atoms with Gasteiger partial charge < -0.3 is 19.9 Å². The van der Waals surface area contributed by atoms with E-state index in [1.54, 1.807) is 31.1 Å². The lowest BCUT2D eigenvalue weighted by molar-refractivity contribution is 0.0791. The number of anilines is 1. The van der Waals surface area contributed by atoms with Gasteiger partial charge in [0.15, 0.2) is 0 Å². The van der Waals surface area contributed by atoms with E-state index < -0.39 is 5.91 Å². The zero-order valence-electron chi connectivity index (χ0n) is 18.2. The van der Waals surface area contributed by atoms with Gasteiger partial charge in [0.05, 0.1) is 17.5 Å². The number of pyridine rings is 1. The van der Waals surface area contributed by atoms with Crippen LogP contribution in [-0.4, -0.2) is 63.1 Å². The SMILES string of the molecule is CNCCN(C)C(=O)c1cnn(C)c1C(=O)Nc1ccn2cc(-c3ccccc3)nc2c1. The number of rotatable bonds is 7. The number of nitrogens with one attached hydrogen (secondary N) is 2. The van der Waals surface area contributed by atoms with E-state index in [-0.39, 0.29) is 17.2 Å². The average molecular weight is 432 g/mol. The van der Waals surface area contributed by atoms with Gasteiger partial charge in [-0.1, -0.05) is 30.3 Å². The third kappa shape index (κ3) is 4.23. The van der Waals surface area contributed by atoms with Crippen LogP contribution in [0.4, 0.5) is 5.69 Å². The molecule has 1 aromatic carbocycles. The molecule has 2 N–H and O–H groups in total. The van der Waals surface area contributed by atoms with Gasteiger partial charge in [-0.05, 0) is 13.1 Å². The van der Waals surface area contributed by atoms with E-state index in [9.17, 15) is 9.59 Å². The van der Waals surface area contributed by atoms with Crippen molar-refractivity contribution in [1.82, 2.24) is 29.4 Å². The predicted octanol–water partition coefficient (Wildman–Crippen LogP) is 2.28. The number of hydrogen-bond donors (Lipinski definition) is 2. The highest BCUT2D eigenvalue weighted by atomic mass is 16.2. The lowest BCUT2D eigenvalue weighted by Gasteiger charge is -2.17. The van der Waals surface area contributed by atoms with E-state index in [0.29, 0.717) is 24.4 Å². The van der Waals surface area contributed by atoms with Crippen LogP contribution in [0.3, 0.4) is 0 Å². The zero-order chi connectivity index (χ0) is 22.7. The first-order valence-corrected chi connectivity index (χ1v) is 10.3. The number of amides is 2. The Morgan fingerprint density at radius 1 is 1.16 bits per heavy atom. The molecule has 3 aromatic heterocycles. The highest BCUT2D eigenvalue weighted by Crippen LogP contribution is 2.21. The van der Waals surface area contributed by atoms with E-state index in [1.807, 2.05) is 54.2 Å². The molecule has 0 atom stereocenters. The Morgan fingerprint density at radius 3 is 2.69 bits per heavy atom. The van der Waals surface area contributed by atoms with Crippen LogP contribution in [-0.2, 0) is 7.05 Å². The molecule has 0 spiro atoms. The van der Waals surface area contributed by atoms with E-state index in [4.69, 9.17) is 0 Å². The third-order valence-corrected chi connectivity index (χ3v) is 5.22. The van der Waals surface area contributed by atoms with Crippen LogP contribution in [0.2, 0.25) is 0 Å². The van der Waals surface area contributed by atoms with Crippen LogP contribution < -0.4 is 10.6 Å². The summed E-state index contributed by atoms with van der Waals surface area (Å²) in [5.74, 6) is -0.663. The molecular formula is C23H25N7O2. The molecule has 0 aliphatic heterocycles. The second-order valence-corrected chi connectivity index (χ2v) is 7.49. The molecule has 2 amide bonds. The standard InChI is InChI=1S/C23H25N7O2/c1-24-10-12-28(2)23(32)18-14-25-29(3)21(18)22(31)26-17-9-11-30-15-19(27-20(30)13-17)16-7-5-4-6-8-16/h4-9,11,13-15,24H,10,12H2,1-3H3,(H,26,31). The first-order valence-electron chi connectivity index (χ1n) is 10.3. The maximum absolute atomic E-state index is 13.0. The fourth-order valence-corrected chi connectivity index (χ4v) is 3.45. The maximum Gasteiger partial charge on any atom is 0.274 e. The van der Waals surface area contributed by atoms with Gasteiger partial charge in [-0.15, -0.1) is 0 Å². The number of benzene rings is 1. The molecule has 32 heavy (non-hydrogen) atoms. The summed E-state index contributed by atoms with van der Waals surface area (Å²) in [4.78, 5) is 32.1. The van der Waals surface area contributed by atoms with Crippen molar-refractivity contribution < 1.29 is 9.59 Å². The molecule has 0 fully saturated rings. The summed E-state index contributed by atoms with van der Waals surface area (Å²) in [6.07, 6.45) is 5.21. The fourth-order valence-electron chi connectivity index (χ4n) is 3.45. The van der Waals surface area contributed by atoms with Crippen molar-refractivity contribution in [2.75, 3.05) is 32.5 Å². The number of likely N-dealkylation sites (N-methyl/N-ethyl adjacent to an activating group) is 2. The van der Waals surface area contributed by atoms with Crippen molar-refractivity contribution in [2.45, 2.75) is 0 Å². The quantitative estimate of drug-likeness (QED) is 0.468. The molecule has 4 aromatic rings. The number of nitrogens with zero attached hydrogens (tertiary/aromatic N) is 5. The smallest absolute Gasteiger partial charge is 0.274 e. The Morgan fingerprint density at radius 2 is 1.94 bits per heavy atom. The molecule has 3 heterocycles. The minimum atomic E-state index is -0.408. The summed E-state index contributed by atoms with van der Waals surface area (Å²) in [6.45, 7) is 1.17. The Bertz CT molecular complexity index is 1260. The number of fused-ring (bicyclic) bond motifs is 1. The largest absolute Gasteiger partial charge is 0.340 e. The van der Waals surface area contributed by atoms with Gasteiger partial charge >= 0.3 is 0 Å². The Kier molecular flexibility index (Phi) is 6.00. The molecule has 164 valence electrons. The lowest BCUT2D eigenvalue weighted by Crippen LogP contribution is -2.34. The Labute approximate surface area is 185 Å². The van der Waals surface area contributed by atoms with Gasteiger partial charge in [0.1, 0.15) is 11.3 Å². The molecule has 9 nitrogen and oxygen atoms in total. The summed E-state index contributed by atoms with van der Waals surface area (Å²) < 4.78 is 3.31. The average Bonchev–Trinajstić information content (AvgIpc) is 3.40. The number of aromatic nitrogens is 4. The van der Waals surface area contributed by atoms with Crippen LogP contribution in [0.5, 0.6) is 0 Å². The van der Waals surface area contributed by atoms with E-state index in [1.165, 1.54) is 10.9 Å². The summed E-state index contributed by atoms with van der Waals surface area (Å²) in [7, 11) is 5.16. The number of carbonyl (C=O) groups is 2. The minimum absolute atomic E-state index is 0.208. The molecular weight excluding hydrogens is 406 g/mol. The Balaban J connectivity index is 1.57. The van der Waals surface area contributed by atoms with Gasteiger partial charge in [0.2, 0.25) is 0 Å². The van der Waals surface area contributed by atoms with Crippen LogP contribution in [0, 0.1) is 0 Å². The first kappa shape index (κ1) is 21.3. The topological polar surface area (TPSA) is 96.6 Å². The van der Waals surface area contributed by atoms with Crippen molar-refractivity contribution in [3.63, 3.8) is 0 Å². The second kappa shape index (κ2) is 9.03. The predicted molar refractivity (Wildman–Crippen MR) is 123 cm³/mol. The van der Waals surface area contributed by atoms with Crippen LogP contribution >= 0.6 is 0 Å². The highest BCUT2D eigenvalue weighted by Gasteiger charge is 2.24. The minimum Gasteiger partial charge on any atom is -0.340 e. The van der Waals surface area contributed by atoms with E-state index >= 15 is 0 Å².